The number of anilines is 2. The summed E-state index contributed by atoms with van der Waals surface area (Å²) in [4.78, 5) is 2.46. The number of primary sulfonamides is 1. The zero-order valence-corrected chi connectivity index (χ0v) is 18.9. The fourth-order valence-electron chi connectivity index (χ4n) is 3.37. The van der Waals surface area contributed by atoms with E-state index in [0.29, 0.717) is 0 Å². The molecule has 2 N–H and O–H groups in total. The fourth-order valence-corrected chi connectivity index (χ4v) is 3.89. The molecule has 0 spiro atoms. The van der Waals surface area contributed by atoms with Crippen molar-refractivity contribution in [2.75, 3.05) is 38.0 Å². The van der Waals surface area contributed by atoms with Crippen molar-refractivity contribution >= 4 is 21.4 Å². The molecule has 176 valence electrons. The Morgan fingerprint density at radius 3 is 1.39 bits per heavy atom. The van der Waals surface area contributed by atoms with Crippen LogP contribution >= 0.6 is 0 Å². The van der Waals surface area contributed by atoms with Crippen molar-refractivity contribution < 1.29 is 30.4 Å². The first-order valence-corrected chi connectivity index (χ1v) is 11.0. The molecule has 0 unspecified atom stereocenters. The molecule has 3 rings (SSSR count). The minimum Gasteiger partial charge on any atom is -0.375 e. The quantitative estimate of drug-likeness (QED) is 0.329. The van der Waals surface area contributed by atoms with Crippen molar-refractivity contribution in [1.82, 2.24) is 0 Å². The molecule has 0 amide bonds. The second kappa shape index (κ2) is 8.64. The van der Waals surface area contributed by atoms with Crippen molar-refractivity contribution in [2.24, 2.45) is 5.14 Å². The van der Waals surface area contributed by atoms with E-state index < -0.39 is 50.2 Å². The van der Waals surface area contributed by atoms with Crippen LogP contribution in [0, 0.1) is 29.1 Å². The molecule has 0 aliphatic rings. The molecule has 0 aliphatic heterocycles. The molecule has 33 heavy (non-hydrogen) atoms. The SMILES string of the molecule is CN(C)c1cc(-c2c(F)c(F)c(F)c(F)c2-c2ccc(S(N)(=O)=O)cc2)cc(N(C)C)c1F. The molecule has 0 bridgehead atoms. The predicted octanol–water partition coefficient (Wildman–Crippen LogP) is 4.50. The average molecular weight is 485 g/mol. The van der Waals surface area contributed by atoms with Crippen LogP contribution in [0.1, 0.15) is 0 Å². The van der Waals surface area contributed by atoms with E-state index in [-0.39, 0.29) is 27.4 Å². The van der Waals surface area contributed by atoms with Gasteiger partial charge in [-0.05, 0) is 35.4 Å². The Balaban J connectivity index is 2.43. The van der Waals surface area contributed by atoms with E-state index in [1.54, 1.807) is 0 Å². The van der Waals surface area contributed by atoms with Crippen LogP contribution < -0.4 is 14.9 Å². The Morgan fingerprint density at radius 2 is 1.03 bits per heavy atom. The van der Waals surface area contributed by atoms with Crippen LogP contribution in [0.4, 0.5) is 33.3 Å². The number of hydrogen-bond acceptors (Lipinski definition) is 4. The van der Waals surface area contributed by atoms with Crippen LogP contribution in [-0.2, 0) is 10.0 Å². The van der Waals surface area contributed by atoms with E-state index in [1.165, 1.54) is 50.1 Å². The largest absolute Gasteiger partial charge is 0.375 e. The van der Waals surface area contributed by atoms with Crippen molar-refractivity contribution in [3.63, 3.8) is 0 Å². The summed E-state index contributed by atoms with van der Waals surface area (Å²) in [7, 11) is 2.01. The lowest BCUT2D eigenvalue weighted by molar-refractivity contribution is 0.412. The number of hydrogen-bond donors (Lipinski definition) is 1. The summed E-state index contributed by atoms with van der Waals surface area (Å²) < 4.78 is 96.5. The van der Waals surface area contributed by atoms with E-state index >= 15 is 4.39 Å². The van der Waals surface area contributed by atoms with Crippen molar-refractivity contribution in [2.45, 2.75) is 4.90 Å². The summed E-state index contributed by atoms with van der Waals surface area (Å²) in [6, 6.07) is 6.57. The monoisotopic (exact) mass is 485 g/mol. The van der Waals surface area contributed by atoms with Crippen LogP contribution in [0.3, 0.4) is 0 Å². The molecular weight excluding hydrogens is 465 g/mol. The number of nitrogens with two attached hydrogens (primary N) is 1. The lowest BCUT2D eigenvalue weighted by atomic mass is 9.92. The molecule has 0 atom stereocenters. The third kappa shape index (κ3) is 4.38. The molecule has 0 aliphatic carbocycles. The first kappa shape index (κ1) is 24.5. The lowest BCUT2D eigenvalue weighted by Crippen LogP contribution is -2.16. The fraction of sp³-hybridized carbons (Fsp3) is 0.182. The van der Waals surface area contributed by atoms with Crippen LogP contribution in [0.2, 0.25) is 0 Å². The van der Waals surface area contributed by atoms with Gasteiger partial charge in [0.2, 0.25) is 10.0 Å². The molecule has 0 radical (unpaired) electrons. The minimum atomic E-state index is -4.09. The van der Waals surface area contributed by atoms with E-state index in [0.717, 1.165) is 24.3 Å². The number of nitrogens with zero attached hydrogens (tertiary/aromatic N) is 2. The van der Waals surface area contributed by atoms with Gasteiger partial charge in [-0.3, -0.25) is 0 Å². The van der Waals surface area contributed by atoms with Gasteiger partial charge in [0.05, 0.1) is 16.3 Å². The maximum atomic E-state index is 15.1. The molecule has 0 fully saturated rings. The summed E-state index contributed by atoms with van der Waals surface area (Å²) in [6.07, 6.45) is 0. The minimum absolute atomic E-state index is 0.00346. The topological polar surface area (TPSA) is 66.6 Å². The molecule has 0 aromatic heterocycles. The summed E-state index contributed by atoms with van der Waals surface area (Å²) in [5.74, 6) is -8.09. The summed E-state index contributed by atoms with van der Waals surface area (Å²) >= 11 is 0. The lowest BCUT2D eigenvalue weighted by Gasteiger charge is -2.23. The highest BCUT2D eigenvalue weighted by Crippen LogP contribution is 2.42. The Labute approximate surface area is 187 Å². The third-order valence-corrected chi connectivity index (χ3v) is 5.95. The number of rotatable bonds is 5. The van der Waals surface area contributed by atoms with Gasteiger partial charge in [0.15, 0.2) is 29.1 Å². The van der Waals surface area contributed by atoms with Crippen molar-refractivity contribution in [3.8, 4) is 22.3 Å². The molecule has 0 heterocycles. The second-order valence-corrected chi connectivity index (χ2v) is 9.25. The summed E-state index contributed by atoms with van der Waals surface area (Å²) in [6.45, 7) is 0. The summed E-state index contributed by atoms with van der Waals surface area (Å²) in [5, 5.41) is 5.05. The van der Waals surface area contributed by atoms with Gasteiger partial charge in [0, 0.05) is 39.3 Å². The zero-order valence-electron chi connectivity index (χ0n) is 18.1. The van der Waals surface area contributed by atoms with E-state index in [1.807, 2.05) is 0 Å². The van der Waals surface area contributed by atoms with E-state index in [9.17, 15) is 26.0 Å². The first-order valence-electron chi connectivity index (χ1n) is 9.43. The Morgan fingerprint density at radius 1 is 0.636 bits per heavy atom. The van der Waals surface area contributed by atoms with Gasteiger partial charge in [-0.15, -0.1) is 0 Å². The highest BCUT2D eigenvalue weighted by molar-refractivity contribution is 7.89. The zero-order chi connectivity index (χ0) is 24.8. The van der Waals surface area contributed by atoms with Crippen LogP contribution in [0.5, 0.6) is 0 Å². The number of halogens is 5. The second-order valence-electron chi connectivity index (χ2n) is 7.69. The maximum Gasteiger partial charge on any atom is 0.238 e. The Bertz CT molecular complexity index is 1310. The van der Waals surface area contributed by atoms with Gasteiger partial charge in [-0.2, -0.15) is 0 Å². The number of sulfonamides is 1. The highest BCUT2D eigenvalue weighted by Gasteiger charge is 2.29. The normalized spacial score (nSPS) is 11.6. The van der Waals surface area contributed by atoms with E-state index in [2.05, 4.69) is 0 Å². The van der Waals surface area contributed by atoms with Crippen LogP contribution in [0.25, 0.3) is 22.3 Å². The molecule has 0 saturated carbocycles. The Kier molecular flexibility index (Phi) is 6.40. The summed E-state index contributed by atoms with van der Waals surface area (Å²) in [5.41, 5.74) is -1.58. The first-order chi connectivity index (χ1) is 15.3. The van der Waals surface area contributed by atoms with Crippen molar-refractivity contribution in [1.29, 1.82) is 0 Å². The van der Waals surface area contributed by atoms with E-state index in [4.69, 9.17) is 5.14 Å². The molecule has 0 saturated heterocycles. The number of benzene rings is 3. The average Bonchev–Trinajstić information content (AvgIpc) is 2.74. The van der Waals surface area contributed by atoms with Gasteiger partial charge in [-0.1, -0.05) is 12.1 Å². The predicted molar refractivity (Wildman–Crippen MR) is 117 cm³/mol. The molecule has 3 aromatic carbocycles. The van der Waals surface area contributed by atoms with Gasteiger partial charge >= 0.3 is 0 Å². The van der Waals surface area contributed by atoms with Crippen molar-refractivity contribution in [3.05, 3.63) is 65.5 Å². The van der Waals surface area contributed by atoms with Gasteiger partial charge in [0.25, 0.3) is 0 Å². The van der Waals surface area contributed by atoms with Gasteiger partial charge < -0.3 is 9.80 Å². The molecular formula is C22H20F5N3O2S. The standard InChI is InChI=1S/C22H20F5N3O2S/c1-29(2)14-9-12(10-15(18(14)23)30(3)4)17-16(19(24)21(26)22(27)20(17)25)11-5-7-13(8-6-11)33(28,31)32/h5-10H,1-4H3,(H2,28,31,32). The highest BCUT2D eigenvalue weighted by atomic mass is 32.2. The van der Waals surface area contributed by atoms with Crippen LogP contribution in [-0.4, -0.2) is 36.6 Å². The van der Waals surface area contributed by atoms with Gasteiger partial charge in [0.1, 0.15) is 0 Å². The molecule has 5 nitrogen and oxygen atoms in total. The maximum absolute atomic E-state index is 15.1. The van der Waals surface area contributed by atoms with Crippen LogP contribution in [0.15, 0.2) is 41.3 Å². The molecule has 3 aromatic rings. The third-order valence-electron chi connectivity index (χ3n) is 5.03. The smallest absolute Gasteiger partial charge is 0.238 e. The molecule has 11 heteroatoms. The van der Waals surface area contributed by atoms with Gasteiger partial charge in [-0.25, -0.2) is 35.5 Å². The Hall–Kier alpha value is -3.18.